The minimum absolute atomic E-state index is 0.146. The Hall–Kier alpha value is -2.18. The predicted molar refractivity (Wildman–Crippen MR) is 49.3 cm³/mol. The molecule has 0 fully saturated rings. The van der Waals surface area contributed by atoms with Crippen LogP contribution in [0, 0.1) is 0 Å². The van der Waals surface area contributed by atoms with E-state index >= 15 is 0 Å². The normalized spacial score (nSPS) is 10.2. The molecule has 0 spiro atoms. The van der Waals surface area contributed by atoms with Gasteiger partial charge in [0.1, 0.15) is 6.67 Å². The van der Waals surface area contributed by atoms with Crippen molar-refractivity contribution >= 4 is 5.91 Å². The van der Waals surface area contributed by atoms with E-state index < -0.39 is 0 Å². The minimum Gasteiger partial charge on any atom is -0.461 e. The van der Waals surface area contributed by atoms with Crippen molar-refractivity contribution in [3.63, 3.8) is 0 Å². The zero-order valence-corrected chi connectivity index (χ0v) is 8.04. The molecular formula is C8H9N5O2. The maximum atomic E-state index is 10.6. The van der Waals surface area contributed by atoms with Gasteiger partial charge in [-0.05, 0) is 17.3 Å². The first-order valence-electron chi connectivity index (χ1n) is 4.32. The number of carbonyl (C=O) groups is 1. The number of furan rings is 1. The van der Waals surface area contributed by atoms with Crippen molar-refractivity contribution < 1.29 is 9.21 Å². The summed E-state index contributed by atoms with van der Waals surface area (Å²) in [4.78, 5) is 11.9. The number of amides is 1. The van der Waals surface area contributed by atoms with Gasteiger partial charge in [0.05, 0.1) is 6.26 Å². The summed E-state index contributed by atoms with van der Waals surface area (Å²) in [5, 5.41) is 14.1. The van der Waals surface area contributed by atoms with Crippen molar-refractivity contribution in [1.82, 2.24) is 25.5 Å². The van der Waals surface area contributed by atoms with Gasteiger partial charge in [0, 0.05) is 6.92 Å². The van der Waals surface area contributed by atoms with Crippen molar-refractivity contribution in [2.24, 2.45) is 0 Å². The highest BCUT2D eigenvalue weighted by Gasteiger charge is 2.07. The smallest absolute Gasteiger partial charge is 0.240 e. The molecule has 0 saturated carbocycles. The van der Waals surface area contributed by atoms with Crippen LogP contribution in [0.1, 0.15) is 6.92 Å². The van der Waals surface area contributed by atoms with Crippen LogP contribution >= 0.6 is 0 Å². The van der Waals surface area contributed by atoms with Crippen LogP contribution < -0.4 is 5.32 Å². The first kappa shape index (κ1) is 9.38. The number of rotatable bonds is 3. The van der Waals surface area contributed by atoms with E-state index in [1.54, 1.807) is 12.1 Å². The Morgan fingerprint density at radius 2 is 2.53 bits per heavy atom. The number of aromatic nitrogens is 4. The van der Waals surface area contributed by atoms with Crippen LogP contribution in [0.25, 0.3) is 11.6 Å². The molecule has 2 aromatic heterocycles. The second-order valence-corrected chi connectivity index (χ2v) is 2.85. The molecule has 0 unspecified atom stereocenters. The van der Waals surface area contributed by atoms with Gasteiger partial charge in [0.2, 0.25) is 11.7 Å². The molecule has 15 heavy (non-hydrogen) atoms. The molecule has 2 aromatic rings. The fraction of sp³-hybridized carbons (Fsp3) is 0.250. The molecule has 2 rings (SSSR count). The van der Waals surface area contributed by atoms with Gasteiger partial charge >= 0.3 is 0 Å². The van der Waals surface area contributed by atoms with Gasteiger partial charge in [0.15, 0.2) is 5.76 Å². The first-order valence-corrected chi connectivity index (χ1v) is 4.32. The van der Waals surface area contributed by atoms with E-state index in [0.717, 1.165) is 0 Å². The topological polar surface area (TPSA) is 85.8 Å². The second-order valence-electron chi connectivity index (χ2n) is 2.85. The summed E-state index contributed by atoms with van der Waals surface area (Å²) in [5.41, 5.74) is 0. The molecule has 0 aliphatic heterocycles. The van der Waals surface area contributed by atoms with E-state index in [0.29, 0.717) is 11.6 Å². The number of hydrogen-bond donors (Lipinski definition) is 1. The molecule has 7 heteroatoms. The Bertz CT molecular complexity index is 447. The lowest BCUT2D eigenvalue weighted by molar-refractivity contribution is -0.119. The molecule has 0 atom stereocenters. The molecular weight excluding hydrogens is 198 g/mol. The molecule has 0 aliphatic carbocycles. The molecule has 0 radical (unpaired) electrons. The number of nitrogens with one attached hydrogen (secondary N) is 1. The van der Waals surface area contributed by atoms with Crippen LogP contribution in [0.2, 0.25) is 0 Å². The third kappa shape index (κ3) is 2.19. The third-order valence-corrected chi connectivity index (χ3v) is 1.66. The molecule has 2 heterocycles. The Kier molecular flexibility index (Phi) is 2.44. The Balaban J connectivity index is 2.08. The first-order chi connectivity index (χ1) is 7.25. The summed E-state index contributed by atoms with van der Waals surface area (Å²) in [6, 6.07) is 3.48. The summed E-state index contributed by atoms with van der Waals surface area (Å²) >= 11 is 0. The monoisotopic (exact) mass is 207 g/mol. The molecule has 78 valence electrons. The molecule has 0 aliphatic rings. The lowest BCUT2D eigenvalue weighted by Gasteiger charge is -1.97. The Labute approximate surface area is 85.1 Å². The number of hydrogen-bond acceptors (Lipinski definition) is 5. The molecule has 0 aromatic carbocycles. The number of nitrogens with zero attached hydrogens (tertiary/aromatic N) is 4. The summed E-state index contributed by atoms with van der Waals surface area (Å²) in [5.74, 6) is 0.793. The SMILES string of the molecule is CC(=O)NCn1nnc(-c2ccco2)n1. The van der Waals surface area contributed by atoms with Crippen LogP contribution in [0.15, 0.2) is 22.8 Å². The van der Waals surface area contributed by atoms with Crippen molar-refractivity contribution in [1.29, 1.82) is 0 Å². The lowest BCUT2D eigenvalue weighted by atomic mass is 10.4. The summed E-state index contributed by atoms with van der Waals surface area (Å²) < 4.78 is 5.09. The minimum atomic E-state index is -0.146. The quantitative estimate of drug-likeness (QED) is 0.767. The molecule has 0 saturated heterocycles. The van der Waals surface area contributed by atoms with Gasteiger partial charge in [-0.1, -0.05) is 0 Å². The van der Waals surface area contributed by atoms with Crippen molar-refractivity contribution in [2.75, 3.05) is 0 Å². The van der Waals surface area contributed by atoms with Crippen LogP contribution in [-0.4, -0.2) is 26.1 Å². The van der Waals surface area contributed by atoms with Crippen molar-refractivity contribution in [2.45, 2.75) is 13.6 Å². The highest BCUT2D eigenvalue weighted by molar-refractivity contribution is 5.72. The highest BCUT2D eigenvalue weighted by Crippen LogP contribution is 2.12. The predicted octanol–water partition coefficient (Wildman–Crippen LogP) is 0.0267. The zero-order chi connectivity index (χ0) is 10.7. The Morgan fingerprint density at radius 1 is 1.67 bits per heavy atom. The van der Waals surface area contributed by atoms with E-state index in [4.69, 9.17) is 4.42 Å². The number of tetrazole rings is 1. The molecule has 1 amide bonds. The average molecular weight is 207 g/mol. The summed E-state index contributed by atoms with van der Waals surface area (Å²) in [7, 11) is 0. The van der Waals surface area contributed by atoms with Crippen molar-refractivity contribution in [3.8, 4) is 11.6 Å². The van der Waals surface area contributed by atoms with Crippen LogP contribution in [-0.2, 0) is 11.5 Å². The van der Waals surface area contributed by atoms with Gasteiger partial charge in [-0.25, -0.2) is 0 Å². The van der Waals surface area contributed by atoms with Crippen LogP contribution in [0.3, 0.4) is 0 Å². The third-order valence-electron chi connectivity index (χ3n) is 1.66. The van der Waals surface area contributed by atoms with Crippen LogP contribution in [0.4, 0.5) is 0 Å². The fourth-order valence-corrected chi connectivity index (χ4v) is 0.997. The van der Waals surface area contributed by atoms with Crippen molar-refractivity contribution in [3.05, 3.63) is 18.4 Å². The van der Waals surface area contributed by atoms with Gasteiger partial charge in [-0.15, -0.1) is 15.0 Å². The van der Waals surface area contributed by atoms with E-state index in [9.17, 15) is 4.79 Å². The maximum absolute atomic E-state index is 10.6. The summed E-state index contributed by atoms with van der Waals surface area (Å²) in [6.45, 7) is 1.62. The standard InChI is InChI=1S/C8H9N5O2/c1-6(14)9-5-13-11-8(10-12-13)7-3-2-4-15-7/h2-4H,5H2,1H3,(H,9,14). The second kappa shape index (κ2) is 3.91. The zero-order valence-electron chi connectivity index (χ0n) is 8.04. The van der Waals surface area contributed by atoms with Gasteiger partial charge in [-0.3, -0.25) is 4.79 Å². The van der Waals surface area contributed by atoms with Crippen LogP contribution in [0.5, 0.6) is 0 Å². The van der Waals surface area contributed by atoms with E-state index in [2.05, 4.69) is 20.7 Å². The van der Waals surface area contributed by atoms with Gasteiger partial charge < -0.3 is 9.73 Å². The van der Waals surface area contributed by atoms with E-state index in [1.807, 2.05) is 0 Å². The average Bonchev–Trinajstić information content (AvgIpc) is 2.85. The van der Waals surface area contributed by atoms with Gasteiger partial charge in [0.25, 0.3) is 0 Å². The number of carbonyl (C=O) groups excluding carboxylic acids is 1. The lowest BCUT2D eigenvalue weighted by Crippen LogP contribution is -2.24. The molecule has 0 bridgehead atoms. The summed E-state index contributed by atoms with van der Waals surface area (Å²) in [6.07, 6.45) is 1.53. The Morgan fingerprint density at radius 3 is 3.20 bits per heavy atom. The van der Waals surface area contributed by atoms with E-state index in [-0.39, 0.29) is 12.6 Å². The van der Waals surface area contributed by atoms with Gasteiger partial charge in [-0.2, -0.15) is 0 Å². The maximum Gasteiger partial charge on any atom is 0.240 e. The van der Waals surface area contributed by atoms with E-state index in [1.165, 1.54) is 18.0 Å². The fourth-order valence-electron chi connectivity index (χ4n) is 0.997. The largest absolute Gasteiger partial charge is 0.461 e. The highest BCUT2D eigenvalue weighted by atomic mass is 16.3. The molecule has 7 nitrogen and oxygen atoms in total. The molecule has 1 N–H and O–H groups in total.